The molecule has 5 nitrogen and oxygen atoms in total. The summed E-state index contributed by atoms with van der Waals surface area (Å²) in [4.78, 5) is 13.9. The fraction of sp³-hybridized carbons (Fsp3) is 0.353. The van der Waals surface area contributed by atoms with Gasteiger partial charge in [-0.25, -0.2) is 0 Å². The predicted molar refractivity (Wildman–Crippen MR) is 89.8 cm³/mol. The van der Waals surface area contributed by atoms with Gasteiger partial charge in [0, 0.05) is 11.6 Å². The van der Waals surface area contributed by atoms with E-state index in [9.17, 15) is 4.79 Å². The first kappa shape index (κ1) is 17.4. The molecule has 1 aromatic carbocycles. The van der Waals surface area contributed by atoms with Crippen LogP contribution < -0.4 is 10.1 Å². The molecule has 124 valence electrons. The molecular formula is C17H21ClN2O3. The van der Waals surface area contributed by atoms with Gasteiger partial charge in [-0.1, -0.05) is 11.6 Å². The number of likely N-dealkylation sites (N-methyl/N-ethyl adjacent to an activating group) is 1. The standard InChI is InChI=1S/C17H21ClN2O3/c1-12-9-13(6-7-14(12)18)23-11-17(21)19-10-15(20(2)3)16-5-4-8-22-16/h4-9,15H,10-11H2,1-3H3,(H,19,21). The number of nitrogens with one attached hydrogen (secondary N) is 1. The zero-order valence-corrected chi connectivity index (χ0v) is 14.3. The number of aryl methyl sites for hydroxylation is 1. The van der Waals surface area contributed by atoms with E-state index < -0.39 is 0 Å². The van der Waals surface area contributed by atoms with Crippen molar-refractivity contribution >= 4 is 17.5 Å². The lowest BCUT2D eigenvalue weighted by Crippen LogP contribution is -2.36. The average Bonchev–Trinajstić information content (AvgIpc) is 3.02. The topological polar surface area (TPSA) is 54.7 Å². The van der Waals surface area contributed by atoms with Gasteiger partial charge >= 0.3 is 0 Å². The molecule has 0 bridgehead atoms. The van der Waals surface area contributed by atoms with Gasteiger partial charge in [0.1, 0.15) is 11.5 Å². The zero-order valence-electron chi connectivity index (χ0n) is 13.5. The summed E-state index contributed by atoms with van der Waals surface area (Å²) in [7, 11) is 3.87. The van der Waals surface area contributed by atoms with Crippen LogP contribution in [0.2, 0.25) is 5.02 Å². The zero-order chi connectivity index (χ0) is 16.8. The second-order valence-corrected chi connectivity index (χ2v) is 5.91. The summed E-state index contributed by atoms with van der Waals surface area (Å²) in [5.41, 5.74) is 0.912. The molecule has 2 aromatic rings. The van der Waals surface area contributed by atoms with E-state index in [1.807, 2.05) is 38.1 Å². The molecular weight excluding hydrogens is 316 g/mol. The summed E-state index contributed by atoms with van der Waals surface area (Å²) in [5, 5.41) is 3.53. The summed E-state index contributed by atoms with van der Waals surface area (Å²) < 4.78 is 10.9. The summed E-state index contributed by atoms with van der Waals surface area (Å²) in [6.45, 7) is 2.29. The van der Waals surface area contributed by atoms with Crippen molar-refractivity contribution in [1.29, 1.82) is 0 Å². The Hall–Kier alpha value is -1.98. The number of furan rings is 1. The normalized spacial score (nSPS) is 12.2. The van der Waals surface area contributed by atoms with E-state index in [4.69, 9.17) is 20.8 Å². The first-order valence-electron chi connectivity index (χ1n) is 7.33. The Morgan fingerprint density at radius 3 is 2.78 bits per heavy atom. The maximum absolute atomic E-state index is 12.0. The minimum absolute atomic E-state index is 0.0215. The van der Waals surface area contributed by atoms with Crippen LogP contribution in [-0.4, -0.2) is 38.1 Å². The molecule has 1 atom stereocenters. The molecule has 2 rings (SSSR count). The molecule has 1 N–H and O–H groups in total. The van der Waals surface area contributed by atoms with Crippen molar-refractivity contribution in [3.8, 4) is 5.75 Å². The van der Waals surface area contributed by atoms with Gasteiger partial charge in [0.2, 0.25) is 0 Å². The number of benzene rings is 1. The lowest BCUT2D eigenvalue weighted by atomic mass is 10.2. The van der Waals surface area contributed by atoms with Crippen LogP contribution in [0.15, 0.2) is 41.0 Å². The van der Waals surface area contributed by atoms with E-state index in [2.05, 4.69) is 5.32 Å². The van der Waals surface area contributed by atoms with E-state index >= 15 is 0 Å². The SMILES string of the molecule is Cc1cc(OCC(=O)NCC(c2ccco2)N(C)C)ccc1Cl. The fourth-order valence-corrected chi connectivity index (χ4v) is 2.25. The smallest absolute Gasteiger partial charge is 0.258 e. The molecule has 0 saturated heterocycles. The van der Waals surface area contributed by atoms with E-state index in [0.717, 1.165) is 11.3 Å². The molecule has 1 aromatic heterocycles. The summed E-state index contributed by atoms with van der Waals surface area (Å²) >= 11 is 5.96. The highest BCUT2D eigenvalue weighted by atomic mass is 35.5. The number of hydrogen-bond donors (Lipinski definition) is 1. The van der Waals surface area contributed by atoms with Crippen LogP contribution >= 0.6 is 11.6 Å². The molecule has 0 saturated carbocycles. The van der Waals surface area contributed by atoms with E-state index in [-0.39, 0.29) is 18.6 Å². The van der Waals surface area contributed by atoms with Gasteiger partial charge in [-0.15, -0.1) is 0 Å². The number of ether oxygens (including phenoxy) is 1. The van der Waals surface area contributed by atoms with Gasteiger partial charge in [-0.2, -0.15) is 0 Å². The van der Waals surface area contributed by atoms with Crippen LogP contribution in [0.25, 0.3) is 0 Å². The second-order valence-electron chi connectivity index (χ2n) is 5.50. The number of halogens is 1. The number of nitrogens with zero attached hydrogens (tertiary/aromatic N) is 1. The molecule has 0 aliphatic carbocycles. The van der Waals surface area contributed by atoms with E-state index in [1.165, 1.54) is 0 Å². The Morgan fingerprint density at radius 2 is 2.17 bits per heavy atom. The van der Waals surface area contributed by atoms with Crippen LogP contribution in [0, 0.1) is 6.92 Å². The van der Waals surface area contributed by atoms with Crippen molar-refractivity contribution in [2.45, 2.75) is 13.0 Å². The van der Waals surface area contributed by atoms with Gasteiger partial charge in [-0.05, 0) is 56.9 Å². The number of hydrogen-bond acceptors (Lipinski definition) is 4. The van der Waals surface area contributed by atoms with Crippen LogP contribution in [0.1, 0.15) is 17.4 Å². The molecule has 1 heterocycles. The third-order valence-corrected chi connectivity index (χ3v) is 3.91. The third-order valence-electron chi connectivity index (χ3n) is 3.49. The predicted octanol–water partition coefficient (Wildman–Crippen LogP) is 3.04. The Balaban J connectivity index is 1.83. The number of carbonyl (C=O) groups is 1. The monoisotopic (exact) mass is 336 g/mol. The van der Waals surface area contributed by atoms with Crippen molar-refractivity contribution in [2.24, 2.45) is 0 Å². The minimum Gasteiger partial charge on any atom is -0.484 e. The van der Waals surface area contributed by atoms with Crippen molar-refractivity contribution in [1.82, 2.24) is 10.2 Å². The molecule has 1 amide bonds. The number of carbonyl (C=O) groups excluding carboxylic acids is 1. The van der Waals surface area contributed by atoms with E-state index in [0.29, 0.717) is 17.3 Å². The largest absolute Gasteiger partial charge is 0.484 e. The highest BCUT2D eigenvalue weighted by molar-refractivity contribution is 6.31. The van der Waals surface area contributed by atoms with E-state index in [1.54, 1.807) is 24.5 Å². The highest BCUT2D eigenvalue weighted by Crippen LogP contribution is 2.21. The van der Waals surface area contributed by atoms with Gasteiger partial charge in [0.05, 0.1) is 12.3 Å². The van der Waals surface area contributed by atoms with Crippen LogP contribution in [0.5, 0.6) is 5.75 Å². The summed E-state index contributed by atoms with van der Waals surface area (Å²) in [5.74, 6) is 1.25. The fourth-order valence-electron chi connectivity index (χ4n) is 2.14. The molecule has 0 fully saturated rings. The Bertz CT molecular complexity index is 641. The third kappa shape index (κ3) is 5.01. The second kappa shape index (κ2) is 8.04. The van der Waals surface area contributed by atoms with Crippen molar-refractivity contribution < 1.29 is 13.9 Å². The van der Waals surface area contributed by atoms with Gasteiger partial charge in [0.25, 0.3) is 5.91 Å². The van der Waals surface area contributed by atoms with Gasteiger partial charge < -0.3 is 14.5 Å². The summed E-state index contributed by atoms with van der Waals surface area (Å²) in [6, 6.07) is 9.01. The van der Waals surface area contributed by atoms with Crippen molar-refractivity contribution in [3.63, 3.8) is 0 Å². The first-order valence-corrected chi connectivity index (χ1v) is 7.70. The Labute approximate surface area is 141 Å². The maximum Gasteiger partial charge on any atom is 0.258 e. The molecule has 23 heavy (non-hydrogen) atoms. The van der Waals surface area contributed by atoms with Crippen molar-refractivity contribution in [3.05, 3.63) is 52.9 Å². The molecule has 0 aliphatic rings. The van der Waals surface area contributed by atoms with Gasteiger partial charge in [0.15, 0.2) is 6.61 Å². The summed E-state index contributed by atoms with van der Waals surface area (Å²) in [6.07, 6.45) is 1.62. The molecule has 1 unspecified atom stereocenters. The quantitative estimate of drug-likeness (QED) is 0.844. The Morgan fingerprint density at radius 1 is 1.39 bits per heavy atom. The van der Waals surface area contributed by atoms with Crippen LogP contribution in [0.3, 0.4) is 0 Å². The lowest BCUT2D eigenvalue weighted by molar-refractivity contribution is -0.123. The molecule has 0 radical (unpaired) electrons. The van der Waals surface area contributed by atoms with Crippen LogP contribution in [-0.2, 0) is 4.79 Å². The maximum atomic E-state index is 12.0. The molecule has 0 spiro atoms. The number of rotatable bonds is 7. The molecule has 6 heteroatoms. The average molecular weight is 337 g/mol. The van der Waals surface area contributed by atoms with Gasteiger partial charge in [-0.3, -0.25) is 9.69 Å². The number of amides is 1. The first-order chi connectivity index (χ1) is 11.0. The highest BCUT2D eigenvalue weighted by Gasteiger charge is 2.17. The Kier molecular flexibility index (Phi) is 6.07. The molecule has 0 aliphatic heterocycles. The lowest BCUT2D eigenvalue weighted by Gasteiger charge is -2.22. The minimum atomic E-state index is -0.184. The van der Waals surface area contributed by atoms with Crippen LogP contribution in [0.4, 0.5) is 0 Å². The van der Waals surface area contributed by atoms with Crippen molar-refractivity contribution in [2.75, 3.05) is 27.2 Å².